The molecule has 0 aromatic heterocycles. The van der Waals surface area contributed by atoms with E-state index in [1.807, 2.05) is 13.8 Å². The second-order valence-corrected chi connectivity index (χ2v) is 8.16. The van der Waals surface area contributed by atoms with Crippen LogP contribution in [-0.4, -0.2) is 42.8 Å². The highest BCUT2D eigenvalue weighted by atomic mass is 35.5. The summed E-state index contributed by atoms with van der Waals surface area (Å²) < 4.78 is 14.5. The van der Waals surface area contributed by atoms with Crippen molar-refractivity contribution in [3.8, 4) is 11.1 Å². The highest BCUT2D eigenvalue weighted by molar-refractivity contribution is 6.41. The van der Waals surface area contributed by atoms with Crippen molar-refractivity contribution in [2.24, 2.45) is 0 Å². The van der Waals surface area contributed by atoms with Crippen LogP contribution in [0.4, 0.5) is 5.69 Å². The van der Waals surface area contributed by atoms with Crippen LogP contribution >= 0.6 is 34.8 Å². The molecule has 0 aliphatic carbocycles. The fraction of sp³-hybridized carbons (Fsp3) is 0.364. The second kappa shape index (κ2) is 12.7. The van der Waals surface area contributed by atoms with Gasteiger partial charge < -0.3 is 14.2 Å². The Morgan fingerprint density at radius 2 is 1.58 bits per heavy atom. The van der Waals surface area contributed by atoms with Crippen LogP contribution in [0.1, 0.15) is 38.1 Å². The Bertz CT molecular complexity index is 1000. The molecule has 0 radical (unpaired) electrons. The van der Waals surface area contributed by atoms with E-state index in [4.69, 9.17) is 44.3 Å². The molecule has 33 heavy (non-hydrogen) atoms. The first-order valence-corrected chi connectivity index (χ1v) is 10.9. The minimum absolute atomic E-state index is 0.195. The summed E-state index contributed by atoms with van der Waals surface area (Å²) in [5.41, 5.74) is -1.85. The Morgan fingerprint density at radius 1 is 1.03 bits per heavy atom. The maximum atomic E-state index is 12.6. The lowest BCUT2D eigenvalue weighted by Gasteiger charge is -2.22. The van der Waals surface area contributed by atoms with Crippen LogP contribution in [0, 0.1) is 10.1 Å². The fourth-order valence-corrected chi connectivity index (χ4v) is 3.65. The molecule has 0 spiro atoms. The van der Waals surface area contributed by atoms with Gasteiger partial charge in [-0.25, -0.2) is 9.59 Å². The van der Waals surface area contributed by atoms with Gasteiger partial charge in [0, 0.05) is 29.9 Å². The Kier molecular flexibility index (Phi) is 11.1. The standard InChI is InChI=1S/C18H14Cl3NO6.C4H10O/c1-18(2,17(24)27-3)28-16(23)11-6-9(4-5-14(11)22(25)26)15-12(20)7-10(19)8-13(15)21;1-3-5-4-2/h4-8H,1-3H3;3-4H2,1-2H3. The largest absolute Gasteiger partial charge is 0.466 e. The average Bonchev–Trinajstić information content (AvgIpc) is 2.72. The number of benzene rings is 2. The number of rotatable bonds is 7. The number of hydrogen-bond donors (Lipinski definition) is 0. The third-order valence-electron chi connectivity index (χ3n) is 4.14. The van der Waals surface area contributed by atoms with E-state index in [1.165, 1.54) is 38.1 Å². The third kappa shape index (κ3) is 7.85. The molecule has 8 nitrogen and oxygen atoms in total. The Labute approximate surface area is 206 Å². The number of methoxy groups -OCH3 is 1. The zero-order chi connectivity index (χ0) is 25.3. The summed E-state index contributed by atoms with van der Waals surface area (Å²) in [6.07, 6.45) is 0. The van der Waals surface area contributed by atoms with Gasteiger partial charge in [-0.3, -0.25) is 10.1 Å². The van der Waals surface area contributed by atoms with Crippen molar-refractivity contribution in [2.45, 2.75) is 33.3 Å². The van der Waals surface area contributed by atoms with Gasteiger partial charge >= 0.3 is 11.9 Å². The van der Waals surface area contributed by atoms with E-state index in [1.54, 1.807) is 0 Å². The number of hydrogen-bond acceptors (Lipinski definition) is 7. The van der Waals surface area contributed by atoms with E-state index in [9.17, 15) is 19.7 Å². The first-order valence-electron chi connectivity index (χ1n) is 9.72. The zero-order valence-electron chi connectivity index (χ0n) is 18.7. The summed E-state index contributed by atoms with van der Waals surface area (Å²) in [6, 6.07) is 6.63. The van der Waals surface area contributed by atoms with Gasteiger partial charge in [0.15, 0.2) is 0 Å². The summed E-state index contributed by atoms with van der Waals surface area (Å²) in [6.45, 7) is 8.28. The van der Waals surface area contributed by atoms with E-state index in [-0.39, 0.29) is 15.6 Å². The number of esters is 2. The highest BCUT2D eigenvalue weighted by Crippen LogP contribution is 2.39. The monoisotopic (exact) mass is 519 g/mol. The number of halogens is 3. The summed E-state index contributed by atoms with van der Waals surface area (Å²) in [5, 5.41) is 12.0. The molecule has 0 N–H and O–H groups in total. The van der Waals surface area contributed by atoms with E-state index < -0.39 is 28.2 Å². The highest BCUT2D eigenvalue weighted by Gasteiger charge is 2.35. The molecule has 0 fully saturated rings. The van der Waals surface area contributed by atoms with Gasteiger partial charge in [-0.05, 0) is 57.5 Å². The quantitative estimate of drug-likeness (QED) is 0.237. The van der Waals surface area contributed by atoms with E-state index in [0.717, 1.165) is 26.4 Å². The van der Waals surface area contributed by atoms with Crippen LogP contribution in [0.15, 0.2) is 30.3 Å². The number of nitrogens with zero attached hydrogens (tertiary/aromatic N) is 1. The molecular weight excluding hydrogens is 497 g/mol. The van der Waals surface area contributed by atoms with Gasteiger partial charge in [-0.1, -0.05) is 34.8 Å². The van der Waals surface area contributed by atoms with Crippen molar-refractivity contribution in [2.75, 3.05) is 20.3 Å². The third-order valence-corrected chi connectivity index (χ3v) is 4.96. The zero-order valence-corrected chi connectivity index (χ0v) is 21.0. The number of ether oxygens (including phenoxy) is 3. The van der Waals surface area contributed by atoms with Gasteiger partial charge in [0.05, 0.1) is 22.1 Å². The smallest absolute Gasteiger partial charge is 0.349 e. The van der Waals surface area contributed by atoms with Crippen LogP contribution in [0.3, 0.4) is 0 Å². The molecule has 0 bridgehead atoms. The van der Waals surface area contributed by atoms with Crippen molar-refractivity contribution in [1.29, 1.82) is 0 Å². The molecule has 11 heteroatoms. The van der Waals surface area contributed by atoms with Crippen molar-refractivity contribution >= 4 is 52.4 Å². The molecule has 0 atom stereocenters. The first-order chi connectivity index (χ1) is 15.4. The van der Waals surface area contributed by atoms with E-state index in [0.29, 0.717) is 16.1 Å². The lowest BCUT2D eigenvalue weighted by molar-refractivity contribution is -0.385. The number of nitro groups is 1. The van der Waals surface area contributed by atoms with Crippen LogP contribution in [0.2, 0.25) is 15.1 Å². The molecule has 0 aliphatic rings. The Balaban J connectivity index is 0.000000981. The minimum atomic E-state index is -1.65. The maximum absolute atomic E-state index is 12.6. The van der Waals surface area contributed by atoms with Gasteiger partial charge in [0.1, 0.15) is 5.56 Å². The normalized spacial score (nSPS) is 10.7. The number of carbonyl (C=O) groups excluding carboxylic acids is 2. The SMILES string of the molecule is CCOCC.COC(=O)C(C)(C)OC(=O)c1cc(-c2c(Cl)cc(Cl)cc2Cl)ccc1[N+](=O)[O-]. The molecule has 0 aliphatic heterocycles. The van der Waals surface area contributed by atoms with Crippen molar-refractivity contribution in [3.63, 3.8) is 0 Å². The van der Waals surface area contributed by atoms with Crippen LogP contribution in [0.5, 0.6) is 0 Å². The summed E-state index contributed by atoms with van der Waals surface area (Å²) >= 11 is 18.3. The lowest BCUT2D eigenvalue weighted by Crippen LogP contribution is -2.38. The van der Waals surface area contributed by atoms with Gasteiger partial charge in [-0.15, -0.1) is 0 Å². The number of nitro benzene ring substituents is 1. The van der Waals surface area contributed by atoms with Crippen LogP contribution in [-0.2, 0) is 19.0 Å². The minimum Gasteiger partial charge on any atom is -0.466 e. The predicted molar refractivity (Wildman–Crippen MR) is 127 cm³/mol. The summed E-state index contributed by atoms with van der Waals surface area (Å²) in [7, 11) is 1.13. The molecule has 180 valence electrons. The van der Waals surface area contributed by atoms with Crippen molar-refractivity contribution in [1.82, 2.24) is 0 Å². The molecular formula is C22H24Cl3NO7. The Morgan fingerprint density at radius 3 is 2.00 bits per heavy atom. The molecule has 0 saturated carbocycles. The van der Waals surface area contributed by atoms with Crippen LogP contribution < -0.4 is 0 Å². The van der Waals surface area contributed by atoms with Gasteiger partial charge in [-0.2, -0.15) is 0 Å². The Hall–Kier alpha value is -2.39. The number of carbonyl (C=O) groups is 2. The van der Waals surface area contributed by atoms with E-state index >= 15 is 0 Å². The summed E-state index contributed by atoms with van der Waals surface area (Å²) in [5.74, 6) is -1.89. The van der Waals surface area contributed by atoms with E-state index in [2.05, 4.69) is 4.74 Å². The first kappa shape index (κ1) is 28.6. The fourth-order valence-electron chi connectivity index (χ4n) is 2.61. The second-order valence-electron chi connectivity index (χ2n) is 6.91. The molecule has 0 amide bonds. The molecule has 2 aromatic carbocycles. The van der Waals surface area contributed by atoms with Crippen molar-refractivity contribution < 1.29 is 28.7 Å². The molecule has 0 unspecified atom stereocenters. The summed E-state index contributed by atoms with van der Waals surface area (Å²) in [4.78, 5) is 34.9. The maximum Gasteiger partial charge on any atom is 0.349 e. The molecule has 2 rings (SSSR count). The molecule has 0 saturated heterocycles. The van der Waals surface area contributed by atoms with Gasteiger partial charge in [0.25, 0.3) is 5.69 Å². The molecule has 2 aromatic rings. The average molecular weight is 521 g/mol. The molecule has 0 heterocycles. The lowest BCUT2D eigenvalue weighted by atomic mass is 10.0. The van der Waals surface area contributed by atoms with Crippen molar-refractivity contribution in [3.05, 3.63) is 61.1 Å². The van der Waals surface area contributed by atoms with Crippen LogP contribution in [0.25, 0.3) is 11.1 Å². The topological polar surface area (TPSA) is 105 Å². The predicted octanol–water partition coefficient (Wildman–Crippen LogP) is 6.37. The van der Waals surface area contributed by atoms with Gasteiger partial charge in [0.2, 0.25) is 5.60 Å².